The van der Waals surface area contributed by atoms with Gasteiger partial charge in [0.2, 0.25) is 11.8 Å². The number of hydrogen-bond acceptors (Lipinski definition) is 2. The molecule has 120 valence electrons. The summed E-state index contributed by atoms with van der Waals surface area (Å²) in [5.41, 5.74) is 1.08. The van der Waals surface area contributed by atoms with Gasteiger partial charge in [-0.1, -0.05) is 37.3 Å². The summed E-state index contributed by atoms with van der Waals surface area (Å²) in [6, 6.07) is 9.45. The molecule has 1 fully saturated rings. The maximum Gasteiger partial charge on any atom is 0.245 e. The monoisotopic (exact) mass is 302 g/mol. The first-order chi connectivity index (χ1) is 10.7. The molecule has 1 aromatic carbocycles. The minimum atomic E-state index is -0.445. The largest absolute Gasteiger partial charge is 0.344 e. The first-order valence-corrected chi connectivity index (χ1v) is 8.32. The molecule has 22 heavy (non-hydrogen) atoms. The number of amides is 2. The Balaban J connectivity index is 2.05. The Morgan fingerprint density at radius 2 is 1.82 bits per heavy atom. The van der Waals surface area contributed by atoms with E-state index in [1.165, 1.54) is 6.42 Å². The van der Waals surface area contributed by atoms with Crippen LogP contribution in [-0.2, 0) is 16.0 Å². The zero-order valence-electron chi connectivity index (χ0n) is 13.4. The lowest BCUT2D eigenvalue weighted by Gasteiger charge is -2.31. The van der Waals surface area contributed by atoms with Crippen molar-refractivity contribution in [2.45, 2.75) is 51.5 Å². The minimum absolute atomic E-state index is 0.0335. The van der Waals surface area contributed by atoms with Crippen molar-refractivity contribution in [2.75, 3.05) is 13.1 Å². The Hall–Kier alpha value is -1.84. The zero-order chi connectivity index (χ0) is 15.8. The van der Waals surface area contributed by atoms with E-state index in [9.17, 15) is 9.59 Å². The van der Waals surface area contributed by atoms with Gasteiger partial charge in [-0.05, 0) is 31.2 Å². The van der Waals surface area contributed by atoms with Crippen molar-refractivity contribution >= 4 is 11.8 Å². The summed E-state index contributed by atoms with van der Waals surface area (Å²) in [5.74, 6) is 0.0294. The van der Waals surface area contributed by atoms with Crippen LogP contribution in [0.15, 0.2) is 30.3 Å². The topological polar surface area (TPSA) is 49.4 Å². The fourth-order valence-electron chi connectivity index (χ4n) is 2.88. The first-order valence-electron chi connectivity index (χ1n) is 8.32. The van der Waals surface area contributed by atoms with Crippen molar-refractivity contribution in [3.05, 3.63) is 35.9 Å². The summed E-state index contributed by atoms with van der Waals surface area (Å²) in [7, 11) is 0. The van der Waals surface area contributed by atoms with E-state index in [2.05, 4.69) is 5.32 Å². The second kappa shape index (κ2) is 8.57. The number of rotatable bonds is 6. The van der Waals surface area contributed by atoms with Crippen molar-refractivity contribution in [1.29, 1.82) is 0 Å². The van der Waals surface area contributed by atoms with Gasteiger partial charge in [-0.25, -0.2) is 0 Å². The van der Waals surface area contributed by atoms with Gasteiger partial charge in [0.15, 0.2) is 0 Å². The molecule has 2 amide bonds. The predicted molar refractivity (Wildman–Crippen MR) is 87.4 cm³/mol. The van der Waals surface area contributed by atoms with E-state index in [4.69, 9.17) is 0 Å². The third-order valence-corrected chi connectivity index (χ3v) is 4.06. The van der Waals surface area contributed by atoms with Gasteiger partial charge >= 0.3 is 0 Å². The predicted octanol–water partition coefficient (Wildman–Crippen LogP) is 2.53. The molecule has 0 bridgehead atoms. The average Bonchev–Trinajstić information content (AvgIpc) is 2.55. The highest BCUT2D eigenvalue weighted by Crippen LogP contribution is 2.13. The number of carbonyl (C=O) groups is 2. The highest BCUT2D eigenvalue weighted by atomic mass is 16.2. The van der Waals surface area contributed by atoms with E-state index in [0.29, 0.717) is 12.8 Å². The van der Waals surface area contributed by atoms with E-state index in [0.717, 1.165) is 37.9 Å². The third-order valence-electron chi connectivity index (χ3n) is 4.06. The molecule has 1 heterocycles. The van der Waals surface area contributed by atoms with Crippen LogP contribution in [0.2, 0.25) is 0 Å². The van der Waals surface area contributed by atoms with Crippen LogP contribution in [0.25, 0.3) is 0 Å². The van der Waals surface area contributed by atoms with Crippen LogP contribution in [0.4, 0.5) is 0 Å². The van der Waals surface area contributed by atoms with E-state index < -0.39 is 6.04 Å². The van der Waals surface area contributed by atoms with Crippen molar-refractivity contribution in [3.63, 3.8) is 0 Å². The lowest BCUT2D eigenvalue weighted by molar-refractivity contribution is -0.137. The van der Waals surface area contributed by atoms with Crippen LogP contribution in [0.3, 0.4) is 0 Å². The number of likely N-dealkylation sites (tertiary alicyclic amines) is 1. The van der Waals surface area contributed by atoms with Crippen LogP contribution in [0.5, 0.6) is 0 Å². The fraction of sp³-hybridized carbons (Fsp3) is 0.556. The maximum absolute atomic E-state index is 12.8. The molecule has 1 aromatic rings. The number of piperidine rings is 1. The summed E-state index contributed by atoms with van der Waals surface area (Å²) < 4.78 is 0. The van der Waals surface area contributed by atoms with Crippen molar-refractivity contribution in [2.24, 2.45) is 0 Å². The molecule has 0 aromatic heterocycles. The summed E-state index contributed by atoms with van der Waals surface area (Å²) >= 11 is 0. The lowest BCUT2D eigenvalue weighted by atomic mass is 10.0. The molecule has 0 saturated carbocycles. The van der Waals surface area contributed by atoms with Gasteiger partial charge in [0.05, 0.1) is 0 Å². The Morgan fingerprint density at radius 1 is 1.14 bits per heavy atom. The Labute approximate surface area is 132 Å². The molecule has 0 aliphatic carbocycles. The molecular weight excluding hydrogens is 276 g/mol. The van der Waals surface area contributed by atoms with Gasteiger partial charge in [-0.2, -0.15) is 0 Å². The van der Waals surface area contributed by atoms with E-state index >= 15 is 0 Å². The maximum atomic E-state index is 12.8. The molecule has 2 rings (SSSR count). The second-order valence-electron chi connectivity index (χ2n) is 5.95. The first kappa shape index (κ1) is 16.5. The van der Waals surface area contributed by atoms with Gasteiger partial charge in [0.1, 0.15) is 6.04 Å². The molecule has 0 spiro atoms. The Bertz CT molecular complexity index is 481. The molecule has 1 saturated heterocycles. The minimum Gasteiger partial charge on any atom is -0.344 e. The summed E-state index contributed by atoms with van der Waals surface area (Å²) in [4.78, 5) is 26.6. The van der Waals surface area contributed by atoms with E-state index in [1.54, 1.807) is 0 Å². The zero-order valence-corrected chi connectivity index (χ0v) is 13.4. The van der Waals surface area contributed by atoms with Crippen LogP contribution in [-0.4, -0.2) is 35.8 Å². The van der Waals surface area contributed by atoms with Crippen LogP contribution < -0.4 is 5.32 Å². The molecule has 1 N–H and O–H groups in total. The number of benzene rings is 1. The van der Waals surface area contributed by atoms with Gasteiger partial charge in [-0.3, -0.25) is 9.59 Å². The van der Waals surface area contributed by atoms with Gasteiger partial charge < -0.3 is 10.2 Å². The standard InChI is InChI=1S/C18H26N2O2/c1-2-9-17(21)19-16(14-15-10-5-3-6-11-15)18(22)20-12-7-4-8-13-20/h3,5-6,10-11,16H,2,4,7-9,12-14H2,1H3,(H,19,21)/t16-/m0/s1. The molecule has 1 aliphatic rings. The molecule has 4 nitrogen and oxygen atoms in total. The van der Waals surface area contributed by atoms with Crippen LogP contribution in [0, 0.1) is 0 Å². The Kier molecular flexibility index (Phi) is 6.44. The lowest BCUT2D eigenvalue weighted by Crippen LogP contribution is -2.51. The molecule has 1 atom stereocenters. The van der Waals surface area contributed by atoms with Gasteiger partial charge in [-0.15, -0.1) is 0 Å². The van der Waals surface area contributed by atoms with E-state index in [1.807, 2.05) is 42.2 Å². The SMILES string of the molecule is CCCC(=O)N[C@@H](Cc1ccccc1)C(=O)N1CCCCC1. The van der Waals surface area contributed by atoms with E-state index in [-0.39, 0.29) is 11.8 Å². The molecular formula is C18H26N2O2. The smallest absolute Gasteiger partial charge is 0.245 e. The molecule has 1 aliphatic heterocycles. The molecule has 0 radical (unpaired) electrons. The number of nitrogens with one attached hydrogen (secondary N) is 1. The van der Waals surface area contributed by atoms with Crippen molar-refractivity contribution in [1.82, 2.24) is 10.2 Å². The van der Waals surface area contributed by atoms with Crippen LogP contribution >= 0.6 is 0 Å². The van der Waals surface area contributed by atoms with Gasteiger partial charge in [0, 0.05) is 25.9 Å². The highest BCUT2D eigenvalue weighted by Gasteiger charge is 2.26. The number of carbonyl (C=O) groups excluding carboxylic acids is 2. The normalized spacial score (nSPS) is 16.1. The van der Waals surface area contributed by atoms with Crippen molar-refractivity contribution in [3.8, 4) is 0 Å². The molecule has 4 heteroatoms. The fourth-order valence-corrected chi connectivity index (χ4v) is 2.88. The quantitative estimate of drug-likeness (QED) is 0.878. The van der Waals surface area contributed by atoms with Crippen LogP contribution in [0.1, 0.15) is 44.6 Å². The summed E-state index contributed by atoms with van der Waals surface area (Å²) in [6.45, 7) is 3.60. The van der Waals surface area contributed by atoms with Crippen molar-refractivity contribution < 1.29 is 9.59 Å². The third kappa shape index (κ3) is 4.86. The number of hydrogen-bond donors (Lipinski definition) is 1. The highest BCUT2D eigenvalue weighted by molar-refractivity contribution is 5.88. The second-order valence-corrected chi connectivity index (χ2v) is 5.95. The average molecular weight is 302 g/mol. The Morgan fingerprint density at radius 3 is 2.45 bits per heavy atom. The molecule has 0 unspecified atom stereocenters. The van der Waals surface area contributed by atoms with Gasteiger partial charge in [0.25, 0.3) is 0 Å². The number of nitrogens with zero attached hydrogens (tertiary/aromatic N) is 1. The summed E-state index contributed by atoms with van der Waals surface area (Å²) in [5, 5.41) is 2.93. The summed E-state index contributed by atoms with van der Waals surface area (Å²) in [6.07, 6.45) is 5.14.